The average molecular weight is 316 g/mol. The van der Waals surface area contributed by atoms with Crippen molar-refractivity contribution in [3.05, 3.63) is 35.4 Å². The van der Waals surface area contributed by atoms with Crippen LogP contribution < -0.4 is 5.32 Å². The number of nitrogens with one attached hydrogen (secondary N) is 1. The summed E-state index contributed by atoms with van der Waals surface area (Å²) < 4.78 is 4.79. The van der Waals surface area contributed by atoms with Crippen LogP contribution in [0.3, 0.4) is 0 Å². The van der Waals surface area contributed by atoms with Crippen LogP contribution in [0.15, 0.2) is 24.3 Å². The first-order valence-electron chi connectivity index (χ1n) is 8.19. The first-order chi connectivity index (χ1) is 11.1. The number of hydrogen-bond acceptors (Lipinski definition) is 3. The van der Waals surface area contributed by atoms with Gasteiger partial charge in [-0.3, -0.25) is 9.59 Å². The number of aryl methyl sites for hydroxylation is 1. The van der Waals surface area contributed by atoms with E-state index in [4.69, 9.17) is 4.74 Å². The molecule has 0 spiro atoms. The number of rotatable bonds is 6. The first kappa shape index (κ1) is 16.0. The summed E-state index contributed by atoms with van der Waals surface area (Å²) in [6, 6.07) is 8.65. The number of ether oxygens (including phenoxy) is 1. The second-order valence-electron chi connectivity index (χ2n) is 6.58. The van der Waals surface area contributed by atoms with E-state index in [-0.39, 0.29) is 25.0 Å². The summed E-state index contributed by atoms with van der Waals surface area (Å²) in [5.41, 5.74) is 2.93. The molecule has 1 saturated carbocycles. The topological polar surface area (TPSA) is 58.6 Å². The molecule has 0 unspecified atom stereocenters. The van der Waals surface area contributed by atoms with Gasteiger partial charge in [0.05, 0.1) is 6.54 Å². The van der Waals surface area contributed by atoms with Crippen LogP contribution in [0.5, 0.6) is 0 Å². The van der Waals surface area contributed by atoms with Crippen LogP contribution in [0.4, 0.5) is 0 Å². The Labute approximate surface area is 137 Å². The summed E-state index contributed by atoms with van der Waals surface area (Å²) >= 11 is 0. The Morgan fingerprint density at radius 2 is 2.13 bits per heavy atom. The summed E-state index contributed by atoms with van der Waals surface area (Å²) in [7, 11) is 3.09. The summed E-state index contributed by atoms with van der Waals surface area (Å²) in [6.07, 6.45) is 2.37. The lowest BCUT2D eigenvalue weighted by Gasteiger charge is -2.16. The van der Waals surface area contributed by atoms with Crippen molar-refractivity contribution in [1.29, 1.82) is 0 Å². The molecule has 5 heteroatoms. The Morgan fingerprint density at radius 3 is 2.91 bits per heavy atom. The zero-order valence-electron chi connectivity index (χ0n) is 13.7. The summed E-state index contributed by atoms with van der Waals surface area (Å²) in [5, 5.41) is 2.99. The largest absolute Gasteiger partial charge is 0.375 e. The van der Waals surface area contributed by atoms with Crippen LogP contribution in [0.1, 0.15) is 23.5 Å². The molecule has 2 aliphatic rings. The molecule has 0 aromatic heterocycles. The molecule has 3 rings (SSSR count). The van der Waals surface area contributed by atoms with Crippen molar-refractivity contribution in [1.82, 2.24) is 10.2 Å². The second-order valence-corrected chi connectivity index (χ2v) is 6.58. The van der Waals surface area contributed by atoms with Gasteiger partial charge in [0.2, 0.25) is 11.8 Å². The number of likely N-dealkylation sites (N-methyl/N-ethyl adjacent to an activating group) is 1. The van der Waals surface area contributed by atoms with Crippen LogP contribution in [0.2, 0.25) is 0 Å². The zero-order valence-corrected chi connectivity index (χ0v) is 13.7. The van der Waals surface area contributed by atoms with E-state index in [2.05, 4.69) is 29.6 Å². The molecule has 1 aromatic rings. The van der Waals surface area contributed by atoms with Crippen LogP contribution in [-0.2, 0) is 20.7 Å². The number of hydrogen-bond donors (Lipinski definition) is 1. The SMILES string of the molecule is COCC(=O)N(C)CC(=O)NC[C@H]1[C@H]2CCc3ccccc3[C@@H]21. The maximum absolute atomic E-state index is 12.0. The normalized spacial score (nSPS) is 24.3. The molecule has 124 valence electrons. The Hall–Kier alpha value is -1.88. The van der Waals surface area contributed by atoms with Gasteiger partial charge < -0.3 is 15.0 Å². The molecule has 5 nitrogen and oxygen atoms in total. The van der Waals surface area contributed by atoms with Gasteiger partial charge in [0.1, 0.15) is 6.61 Å². The third-order valence-corrected chi connectivity index (χ3v) is 5.10. The molecule has 23 heavy (non-hydrogen) atoms. The van der Waals surface area contributed by atoms with E-state index in [1.54, 1.807) is 7.05 Å². The van der Waals surface area contributed by atoms with E-state index in [0.717, 1.165) is 6.42 Å². The van der Waals surface area contributed by atoms with Gasteiger partial charge in [-0.15, -0.1) is 0 Å². The molecular formula is C18H24N2O3. The Balaban J connectivity index is 1.47. The van der Waals surface area contributed by atoms with Crippen molar-refractivity contribution < 1.29 is 14.3 Å². The number of nitrogens with zero attached hydrogens (tertiary/aromatic N) is 1. The van der Waals surface area contributed by atoms with Gasteiger partial charge in [-0.05, 0) is 41.7 Å². The first-order valence-corrected chi connectivity index (χ1v) is 8.19. The van der Waals surface area contributed by atoms with Gasteiger partial charge in [0.25, 0.3) is 0 Å². The highest BCUT2D eigenvalue weighted by atomic mass is 16.5. The van der Waals surface area contributed by atoms with Crippen molar-refractivity contribution in [3.8, 4) is 0 Å². The van der Waals surface area contributed by atoms with Crippen LogP contribution >= 0.6 is 0 Å². The van der Waals surface area contributed by atoms with E-state index < -0.39 is 0 Å². The third kappa shape index (κ3) is 3.39. The molecule has 0 heterocycles. The van der Waals surface area contributed by atoms with Crippen molar-refractivity contribution in [3.63, 3.8) is 0 Å². The lowest BCUT2D eigenvalue weighted by Crippen LogP contribution is -2.40. The smallest absolute Gasteiger partial charge is 0.248 e. The maximum atomic E-state index is 12.0. The number of carbonyl (C=O) groups is 2. The summed E-state index contributed by atoms with van der Waals surface area (Å²) in [6.45, 7) is 0.795. The number of carbonyl (C=O) groups excluding carboxylic acids is 2. The Bertz CT molecular complexity index is 602. The van der Waals surface area contributed by atoms with E-state index >= 15 is 0 Å². The van der Waals surface area contributed by atoms with Crippen LogP contribution in [0, 0.1) is 11.8 Å². The van der Waals surface area contributed by atoms with Gasteiger partial charge in [-0.25, -0.2) is 0 Å². The third-order valence-electron chi connectivity index (χ3n) is 5.10. The number of benzene rings is 1. The van der Waals surface area contributed by atoms with E-state index in [9.17, 15) is 9.59 Å². The fourth-order valence-corrected chi connectivity index (χ4v) is 3.81. The second kappa shape index (κ2) is 6.71. The Kier molecular flexibility index (Phi) is 4.66. The standard InChI is InChI=1S/C18H24N2O3/c1-20(17(22)11-23-2)10-16(21)19-9-15-14-8-7-12-5-3-4-6-13(12)18(14)15/h3-6,14-15,18H,7-11H2,1-2H3,(H,19,21)/t14-,15+,18+/m1/s1. The summed E-state index contributed by atoms with van der Waals surface area (Å²) in [4.78, 5) is 25.0. The molecule has 0 aliphatic heterocycles. The monoisotopic (exact) mass is 316 g/mol. The highest BCUT2D eigenvalue weighted by molar-refractivity contribution is 5.85. The minimum Gasteiger partial charge on any atom is -0.375 e. The maximum Gasteiger partial charge on any atom is 0.248 e. The molecule has 1 N–H and O–H groups in total. The van der Waals surface area contributed by atoms with Gasteiger partial charge in [-0.1, -0.05) is 24.3 Å². The van der Waals surface area contributed by atoms with Crippen molar-refractivity contribution in [2.75, 3.05) is 33.9 Å². The van der Waals surface area contributed by atoms with E-state index in [0.29, 0.717) is 24.3 Å². The fraction of sp³-hybridized carbons (Fsp3) is 0.556. The Morgan fingerprint density at radius 1 is 1.35 bits per heavy atom. The lowest BCUT2D eigenvalue weighted by molar-refractivity contribution is -0.137. The van der Waals surface area contributed by atoms with E-state index in [1.807, 2.05) is 0 Å². The average Bonchev–Trinajstić information content (AvgIpc) is 3.27. The molecule has 0 radical (unpaired) electrons. The van der Waals surface area contributed by atoms with Gasteiger partial charge in [0.15, 0.2) is 0 Å². The van der Waals surface area contributed by atoms with Crippen molar-refractivity contribution >= 4 is 11.8 Å². The minimum absolute atomic E-state index is 0.00728. The molecular weight excluding hydrogens is 292 g/mol. The highest BCUT2D eigenvalue weighted by Gasteiger charge is 2.52. The quantitative estimate of drug-likeness (QED) is 0.857. The van der Waals surface area contributed by atoms with Crippen LogP contribution in [0.25, 0.3) is 0 Å². The molecule has 2 aliphatic carbocycles. The number of amides is 2. The van der Waals surface area contributed by atoms with Gasteiger partial charge in [-0.2, -0.15) is 0 Å². The predicted molar refractivity (Wildman–Crippen MR) is 87.0 cm³/mol. The zero-order chi connectivity index (χ0) is 16.4. The molecule has 2 amide bonds. The van der Waals surface area contributed by atoms with Crippen LogP contribution in [-0.4, -0.2) is 50.6 Å². The fourth-order valence-electron chi connectivity index (χ4n) is 3.81. The molecule has 3 atom stereocenters. The molecule has 0 bridgehead atoms. The van der Waals surface area contributed by atoms with E-state index in [1.165, 1.54) is 29.6 Å². The van der Waals surface area contributed by atoms with Gasteiger partial charge >= 0.3 is 0 Å². The number of fused-ring (bicyclic) bond motifs is 3. The lowest BCUT2D eigenvalue weighted by atomic mass is 9.92. The minimum atomic E-state index is -0.184. The number of methoxy groups -OCH3 is 1. The predicted octanol–water partition coefficient (Wildman–Crippen LogP) is 1.18. The van der Waals surface area contributed by atoms with Crippen molar-refractivity contribution in [2.45, 2.75) is 18.8 Å². The highest BCUT2D eigenvalue weighted by Crippen LogP contribution is 2.59. The van der Waals surface area contributed by atoms with Gasteiger partial charge in [0, 0.05) is 20.7 Å². The molecule has 0 saturated heterocycles. The molecule has 1 aromatic carbocycles. The molecule has 1 fully saturated rings. The summed E-state index contributed by atoms with van der Waals surface area (Å²) in [5.74, 6) is 1.57. The van der Waals surface area contributed by atoms with Crippen molar-refractivity contribution in [2.24, 2.45) is 11.8 Å².